The zero-order valence-corrected chi connectivity index (χ0v) is 12.7. The van der Waals surface area contributed by atoms with Gasteiger partial charge in [0, 0.05) is 21.6 Å². The van der Waals surface area contributed by atoms with Crippen LogP contribution in [0, 0.1) is 6.92 Å². The van der Waals surface area contributed by atoms with Gasteiger partial charge >= 0.3 is 0 Å². The molecule has 4 heteroatoms. The third-order valence-corrected chi connectivity index (χ3v) is 4.42. The van der Waals surface area contributed by atoms with E-state index in [0.717, 1.165) is 28.0 Å². The molecule has 0 radical (unpaired) electrons. The Labute approximate surface area is 128 Å². The molecule has 0 aliphatic rings. The fourth-order valence-corrected chi connectivity index (χ4v) is 3.06. The normalized spacial score (nSPS) is 10.8. The molecule has 1 aromatic heterocycles. The summed E-state index contributed by atoms with van der Waals surface area (Å²) in [5, 5.41) is 1.14. The molecule has 0 bridgehead atoms. The second-order valence-electron chi connectivity index (χ2n) is 4.93. The number of nitrogen functional groups attached to an aromatic ring is 1. The number of aromatic nitrogens is 1. The van der Waals surface area contributed by atoms with Gasteiger partial charge in [0.25, 0.3) is 0 Å². The summed E-state index contributed by atoms with van der Waals surface area (Å²) in [6.45, 7) is 2.10. The SMILES string of the molecule is Cc1ccc(SCc2cc3ccccc3nc2NN)cc1. The van der Waals surface area contributed by atoms with E-state index in [-0.39, 0.29) is 0 Å². The van der Waals surface area contributed by atoms with E-state index in [2.05, 4.69) is 53.7 Å². The largest absolute Gasteiger partial charge is 0.308 e. The van der Waals surface area contributed by atoms with E-state index in [4.69, 9.17) is 5.84 Å². The molecule has 0 amide bonds. The Morgan fingerprint density at radius 1 is 1.10 bits per heavy atom. The van der Waals surface area contributed by atoms with E-state index in [0.29, 0.717) is 0 Å². The lowest BCUT2D eigenvalue weighted by Crippen LogP contribution is -2.11. The summed E-state index contributed by atoms with van der Waals surface area (Å²) in [6, 6.07) is 18.8. The molecule has 0 unspecified atom stereocenters. The summed E-state index contributed by atoms with van der Waals surface area (Å²) in [4.78, 5) is 5.82. The quantitative estimate of drug-likeness (QED) is 0.432. The summed E-state index contributed by atoms with van der Waals surface area (Å²) >= 11 is 1.78. The molecular formula is C17H17N3S. The molecule has 2 aromatic carbocycles. The smallest absolute Gasteiger partial charge is 0.144 e. The Hall–Kier alpha value is -2.04. The van der Waals surface area contributed by atoms with Gasteiger partial charge in [0.2, 0.25) is 0 Å². The molecule has 21 heavy (non-hydrogen) atoms. The fourth-order valence-electron chi connectivity index (χ4n) is 2.19. The van der Waals surface area contributed by atoms with E-state index in [1.54, 1.807) is 11.8 Å². The summed E-state index contributed by atoms with van der Waals surface area (Å²) in [6.07, 6.45) is 0. The number of nitrogens with one attached hydrogen (secondary N) is 1. The Bertz CT molecular complexity index is 754. The number of benzene rings is 2. The maximum absolute atomic E-state index is 5.61. The number of hydrogen-bond acceptors (Lipinski definition) is 4. The van der Waals surface area contributed by atoms with Crippen molar-refractivity contribution in [1.82, 2.24) is 4.98 Å². The minimum Gasteiger partial charge on any atom is -0.308 e. The molecule has 0 saturated carbocycles. The first kappa shape index (κ1) is 13.9. The second kappa shape index (κ2) is 6.16. The number of nitrogens with zero attached hydrogens (tertiary/aromatic N) is 1. The first-order valence-electron chi connectivity index (χ1n) is 6.81. The first-order valence-corrected chi connectivity index (χ1v) is 7.79. The van der Waals surface area contributed by atoms with Gasteiger partial charge in [-0.3, -0.25) is 0 Å². The maximum atomic E-state index is 5.61. The van der Waals surface area contributed by atoms with Crippen molar-refractivity contribution in [3.05, 3.63) is 65.7 Å². The van der Waals surface area contributed by atoms with Gasteiger partial charge in [-0.05, 0) is 31.2 Å². The molecule has 0 saturated heterocycles. The van der Waals surface area contributed by atoms with E-state index in [1.165, 1.54) is 10.5 Å². The van der Waals surface area contributed by atoms with E-state index >= 15 is 0 Å². The summed E-state index contributed by atoms with van der Waals surface area (Å²) in [5.41, 5.74) is 6.05. The van der Waals surface area contributed by atoms with Crippen molar-refractivity contribution in [2.75, 3.05) is 5.43 Å². The van der Waals surface area contributed by atoms with Crippen molar-refractivity contribution in [1.29, 1.82) is 0 Å². The average Bonchev–Trinajstić information content (AvgIpc) is 2.53. The number of aryl methyl sites for hydroxylation is 1. The zero-order chi connectivity index (χ0) is 14.7. The minimum atomic E-state index is 0.744. The maximum Gasteiger partial charge on any atom is 0.144 e. The van der Waals surface area contributed by atoms with Crippen LogP contribution in [0.25, 0.3) is 10.9 Å². The molecule has 0 fully saturated rings. The highest BCUT2D eigenvalue weighted by Crippen LogP contribution is 2.28. The highest BCUT2D eigenvalue weighted by molar-refractivity contribution is 7.98. The minimum absolute atomic E-state index is 0.744. The molecule has 0 spiro atoms. The summed E-state index contributed by atoms with van der Waals surface area (Å²) in [7, 11) is 0. The van der Waals surface area contributed by atoms with Crippen LogP contribution in [0.4, 0.5) is 5.82 Å². The number of fused-ring (bicyclic) bond motifs is 1. The first-order chi connectivity index (χ1) is 10.3. The standard InChI is InChI=1S/C17H17N3S/c1-12-6-8-15(9-7-12)21-11-14-10-13-4-2-3-5-16(13)19-17(14)20-18/h2-10H,11,18H2,1H3,(H,19,20). The molecule has 3 nitrogen and oxygen atoms in total. The topological polar surface area (TPSA) is 50.9 Å². The van der Waals surface area contributed by atoms with Crippen LogP contribution in [-0.2, 0) is 5.75 Å². The van der Waals surface area contributed by atoms with Crippen LogP contribution in [0.2, 0.25) is 0 Å². The van der Waals surface area contributed by atoms with Crippen LogP contribution in [0.5, 0.6) is 0 Å². The number of para-hydroxylation sites is 1. The second-order valence-corrected chi connectivity index (χ2v) is 5.98. The van der Waals surface area contributed by atoms with Crippen LogP contribution in [-0.4, -0.2) is 4.98 Å². The zero-order valence-electron chi connectivity index (χ0n) is 11.8. The predicted octanol–water partition coefficient (Wildman–Crippen LogP) is 4.12. The van der Waals surface area contributed by atoms with Gasteiger partial charge in [-0.2, -0.15) is 0 Å². The van der Waals surface area contributed by atoms with Crippen molar-refractivity contribution in [2.24, 2.45) is 5.84 Å². The van der Waals surface area contributed by atoms with Gasteiger partial charge in [-0.15, -0.1) is 11.8 Å². The van der Waals surface area contributed by atoms with Crippen molar-refractivity contribution in [2.45, 2.75) is 17.6 Å². The molecular weight excluding hydrogens is 278 g/mol. The van der Waals surface area contributed by atoms with Gasteiger partial charge in [0.15, 0.2) is 0 Å². The van der Waals surface area contributed by atoms with Crippen molar-refractivity contribution >= 4 is 28.5 Å². The van der Waals surface area contributed by atoms with Crippen LogP contribution in [0.1, 0.15) is 11.1 Å². The number of hydrogen-bond donors (Lipinski definition) is 2. The lowest BCUT2D eigenvalue weighted by atomic mass is 10.1. The third kappa shape index (κ3) is 3.17. The van der Waals surface area contributed by atoms with Crippen molar-refractivity contribution in [3.63, 3.8) is 0 Å². The molecule has 0 aliphatic heterocycles. The van der Waals surface area contributed by atoms with Crippen molar-refractivity contribution in [3.8, 4) is 0 Å². The number of pyridine rings is 1. The van der Waals surface area contributed by atoms with Crippen LogP contribution in [0.15, 0.2) is 59.5 Å². The van der Waals surface area contributed by atoms with E-state index in [1.807, 2.05) is 18.2 Å². The lowest BCUT2D eigenvalue weighted by Gasteiger charge is -2.10. The summed E-state index contributed by atoms with van der Waals surface area (Å²) in [5.74, 6) is 7.19. The molecule has 3 aromatic rings. The Morgan fingerprint density at radius 2 is 1.86 bits per heavy atom. The molecule has 3 N–H and O–H groups in total. The third-order valence-electron chi connectivity index (χ3n) is 3.35. The highest BCUT2D eigenvalue weighted by atomic mass is 32.2. The number of rotatable bonds is 4. The van der Waals surface area contributed by atoms with E-state index in [9.17, 15) is 0 Å². The summed E-state index contributed by atoms with van der Waals surface area (Å²) < 4.78 is 0. The Balaban J connectivity index is 1.86. The number of nitrogens with two attached hydrogens (primary N) is 1. The van der Waals surface area contributed by atoms with Gasteiger partial charge in [0.05, 0.1) is 5.52 Å². The van der Waals surface area contributed by atoms with Crippen LogP contribution >= 0.6 is 11.8 Å². The molecule has 1 heterocycles. The molecule has 106 valence electrons. The van der Waals surface area contributed by atoms with Gasteiger partial charge in [0.1, 0.15) is 5.82 Å². The number of hydrazine groups is 1. The van der Waals surface area contributed by atoms with E-state index < -0.39 is 0 Å². The Kier molecular flexibility index (Phi) is 4.08. The van der Waals surface area contributed by atoms with Gasteiger partial charge in [-0.1, -0.05) is 35.9 Å². The van der Waals surface area contributed by atoms with Crippen LogP contribution in [0.3, 0.4) is 0 Å². The number of thioether (sulfide) groups is 1. The van der Waals surface area contributed by atoms with Crippen molar-refractivity contribution < 1.29 is 0 Å². The molecule has 3 rings (SSSR count). The lowest BCUT2D eigenvalue weighted by molar-refractivity contribution is 1.21. The van der Waals surface area contributed by atoms with Crippen LogP contribution < -0.4 is 11.3 Å². The van der Waals surface area contributed by atoms with Gasteiger partial charge < -0.3 is 5.43 Å². The molecule has 0 atom stereocenters. The monoisotopic (exact) mass is 295 g/mol. The fraction of sp³-hybridized carbons (Fsp3) is 0.118. The predicted molar refractivity (Wildman–Crippen MR) is 90.3 cm³/mol. The molecule has 0 aliphatic carbocycles. The van der Waals surface area contributed by atoms with Gasteiger partial charge in [-0.25, -0.2) is 10.8 Å². The highest BCUT2D eigenvalue weighted by Gasteiger charge is 2.06. The average molecular weight is 295 g/mol. The Morgan fingerprint density at radius 3 is 2.62 bits per heavy atom. The number of anilines is 1.